The third-order valence-electron chi connectivity index (χ3n) is 3.12. The van der Waals surface area contributed by atoms with Crippen molar-refractivity contribution in [2.24, 2.45) is 0 Å². The summed E-state index contributed by atoms with van der Waals surface area (Å²) in [5.41, 5.74) is 0.495. The number of ether oxygens (including phenoxy) is 1. The quantitative estimate of drug-likeness (QED) is 0.832. The molecule has 1 aromatic rings. The van der Waals surface area contributed by atoms with Gasteiger partial charge in [-0.05, 0) is 11.4 Å². The average molecular weight is 295 g/mol. The highest BCUT2D eigenvalue weighted by Crippen LogP contribution is 2.22. The second-order valence-corrected chi connectivity index (χ2v) is 5.47. The lowest BCUT2D eigenvalue weighted by atomic mass is 10.2. The van der Waals surface area contributed by atoms with Gasteiger partial charge < -0.3 is 15.2 Å². The second-order valence-electron chi connectivity index (χ2n) is 4.55. The number of anilines is 1. The molecule has 2 heterocycles. The molecule has 1 unspecified atom stereocenters. The van der Waals surface area contributed by atoms with Gasteiger partial charge in [-0.25, -0.2) is 0 Å². The number of nitrogens with zero attached hydrogens (tertiary/aromatic N) is 2. The van der Waals surface area contributed by atoms with Gasteiger partial charge in [0.2, 0.25) is 5.91 Å². The van der Waals surface area contributed by atoms with Crippen molar-refractivity contribution in [1.29, 1.82) is 5.26 Å². The van der Waals surface area contributed by atoms with E-state index < -0.39 is 0 Å². The Bertz CT molecular complexity index is 497. The molecular formula is C13H17N3O3S. The van der Waals surface area contributed by atoms with Gasteiger partial charge in [-0.1, -0.05) is 0 Å². The van der Waals surface area contributed by atoms with Crippen LogP contribution in [0.3, 0.4) is 0 Å². The van der Waals surface area contributed by atoms with E-state index in [-0.39, 0.29) is 18.6 Å². The molecule has 0 saturated carbocycles. The number of carbonyl (C=O) groups is 1. The summed E-state index contributed by atoms with van der Waals surface area (Å²) in [6, 6.07) is 3.73. The van der Waals surface area contributed by atoms with E-state index in [1.165, 1.54) is 11.3 Å². The summed E-state index contributed by atoms with van der Waals surface area (Å²) in [6.07, 6.45) is 0.204. The van der Waals surface area contributed by atoms with Gasteiger partial charge in [0, 0.05) is 26.1 Å². The fourth-order valence-corrected chi connectivity index (χ4v) is 2.79. The number of amides is 1. The van der Waals surface area contributed by atoms with Gasteiger partial charge in [-0.3, -0.25) is 9.69 Å². The number of morpholine rings is 1. The highest BCUT2D eigenvalue weighted by molar-refractivity contribution is 7.14. The second kappa shape index (κ2) is 7.36. The molecule has 0 bridgehead atoms. The van der Waals surface area contributed by atoms with Gasteiger partial charge in [0.05, 0.1) is 24.9 Å². The predicted octanol–water partition coefficient (Wildman–Crippen LogP) is 0.641. The summed E-state index contributed by atoms with van der Waals surface area (Å²) in [6.45, 7) is 2.62. The molecule has 108 valence electrons. The molecule has 1 aromatic heterocycles. The number of rotatable bonds is 5. The van der Waals surface area contributed by atoms with Crippen molar-refractivity contribution >= 4 is 22.2 Å². The van der Waals surface area contributed by atoms with Crippen LogP contribution < -0.4 is 5.32 Å². The van der Waals surface area contributed by atoms with Gasteiger partial charge in [-0.2, -0.15) is 5.26 Å². The number of hydrogen-bond acceptors (Lipinski definition) is 6. The lowest BCUT2D eigenvalue weighted by Gasteiger charge is -2.31. The zero-order valence-electron chi connectivity index (χ0n) is 11.0. The number of hydrogen-bond donors (Lipinski definition) is 2. The van der Waals surface area contributed by atoms with Crippen LogP contribution in [0.4, 0.5) is 5.00 Å². The Kier molecular flexibility index (Phi) is 5.49. The normalized spacial score (nSPS) is 19.5. The average Bonchev–Trinajstić information content (AvgIpc) is 2.92. The third kappa shape index (κ3) is 4.02. The maximum Gasteiger partial charge on any atom is 0.226 e. The van der Waals surface area contributed by atoms with Gasteiger partial charge in [0.15, 0.2) is 0 Å². The summed E-state index contributed by atoms with van der Waals surface area (Å²) in [4.78, 5) is 14.0. The molecule has 1 aliphatic rings. The molecule has 0 spiro atoms. The Morgan fingerprint density at radius 1 is 1.70 bits per heavy atom. The lowest BCUT2D eigenvalue weighted by molar-refractivity contribution is -0.117. The van der Waals surface area contributed by atoms with Crippen LogP contribution in [-0.4, -0.2) is 54.9 Å². The number of nitrogens with one attached hydrogen (secondary N) is 1. The largest absolute Gasteiger partial charge is 0.394 e. The molecule has 0 aromatic carbocycles. The van der Waals surface area contributed by atoms with Crippen molar-refractivity contribution in [2.45, 2.75) is 12.5 Å². The highest BCUT2D eigenvalue weighted by Gasteiger charge is 2.20. The first-order valence-electron chi connectivity index (χ1n) is 6.45. The number of thiophene rings is 1. The van der Waals surface area contributed by atoms with E-state index in [9.17, 15) is 4.79 Å². The number of carbonyl (C=O) groups excluding carboxylic acids is 1. The van der Waals surface area contributed by atoms with Crippen molar-refractivity contribution in [2.75, 3.05) is 38.2 Å². The molecular weight excluding hydrogens is 278 g/mol. The SMILES string of the molecule is N#Cc1ccsc1NC(=O)CCN1CCOC(CO)C1. The first kappa shape index (κ1) is 14.9. The number of aliphatic hydroxyl groups excluding tert-OH is 1. The van der Waals surface area contributed by atoms with Crippen LogP contribution in [-0.2, 0) is 9.53 Å². The first-order chi connectivity index (χ1) is 9.72. The van der Waals surface area contributed by atoms with Crippen LogP contribution in [0.15, 0.2) is 11.4 Å². The molecule has 2 N–H and O–H groups in total. The maximum absolute atomic E-state index is 11.9. The van der Waals surface area contributed by atoms with E-state index in [2.05, 4.69) is 10.2 Å². The Labute approximate surface area is 121 Å². The van der Waals surface area contributed by atoms with Crippen LogP contribution in [0, 0.1) is 11.3 Å². The minimum absolute atomic E-state index is 0.00339. The zero-order valence-corrected chi connectivity index (χ0v) is 11.9. The van der Waals surface area contributed by atoms with Crippen LogP contribution in [0.5, 0.6) is 0 Å². The maximum atomic E-state index is 11.9. The topological polar surface area (TPSA) is 85.6 Å². The lowest BCUT2D eigenvalue weighted by Crippen LogP contribution is -2.44. The molecule has 7 heteroatoms. The zero-order chi connectivity index (χ0) is 14.4. The molecule has 0 aliphatic carbocycles. The standard InChI is InChI=1S/C13H17N3O3S/c14-7-10-2-6-20-13(10)15-12(18)1-3-16-4-5-19-11(8-16)9-17/h2,6,11,17H,1,3-5,8-9H2,(H,15,18). The van der Waals surface area contributed by atoms with Crippen LogP contribution in [0.25, 0.3) is 0 Å². The number of aliphatic hydroxyl groups is 1. The summed E-state index contributed by atoms with van der Waals surface area (Å²) in [5.74, 6) is -0.101. The summed E-state index contributed by atoms with van der Waals surface area (Å²) in [5, 5.41) is 23.1. The van der Waals surface area contributed by atoms with Crippen molar-refractivity contribution in [3.63, 3.8) is 0 Å². The molecule has 1 atom stereocenters. The molecule has 1 saturated heterocycles. The van der Waals surface area contributed by atoms with E-state index in [1.54, 1.807) is 11.4 Å². The Hall–Kier alpha value is -1.46. The van der Waals surface area contributed by atoms with Crippen LogP contribution in [0.1, 0.15) is 12.0 Å². The summed E-state index contributed by atoms with van der Waals surface area (Å²) >= 11 is 1.35. The van der Waals surface area contributed by atoms with E-state index in [0.29, 0.717) is 36.7 Å². The number of nitriles is 1. The van der Waals surface area contributed by atoms with E-state index in [1.807, 2.05) is 6.07 Å². The van der Waals surface area contributed by atoms with Crippen molar-refractivity contribution in [3.05, 3.63) is 17.0 Å². The van der Waals surface area contributed by atoms with Crippen molar-refractivity contribution in [3.8, 4) is 6.07 Å². The molecule has 6 nitrogen and oxygen atoms in total. The molecule has 20 heavy (non-hydrogen) atoms. The fraction of sp³-hybridized carbons (Fsp3) is 0.538. The van der Waals surface area contributed by atoms with E-state index >= 15 is 0 Å². The van der Waals surface area contributed by atoms with Crippen LogP contribution in [0.2, 0.25) is 0 Å². The Balaban J connectivity index is 1.76. The summed E-state index contributed by atoms with van der Waals surface area (Å²) in [7, 11) is 0. The monoisotopic (exact) mass is 295 g/mol. The summed E-state index contributed by atoms with van der Waals surface area (Å²) < 4.78 is 5.35. The molecule has 1 fully saturated rings. The fourth-order valence-electron chi connectivity index (χ4n) is 2.04. The van der Waals surface area contributed by atoms with Gasteiger partial charge >= 0.3 is 0 Å². The molecule has 0 radical (unpaired) electrons. The minimum Gasteiger partial charge on any atom is -0.394 e. The van der Waals surface area contributed by atoms with Crippen LogP contribution >= 0.6 is 11.3 Å². The first-order valence-corrected chi connectivity index (χ1v) is 7.33. The van der Waals surface area contributed by atoms with Crippen molar-refractivity contribution < 1.29 is 14.6 Å². The molecule has 1 aliphatic heterocycles. The highest BCUT2D eigenvalue weighted by atomic mass is 32.1. The molecule has 2 rings (SSSR count). The predicted molar refractivity (Wildman–Crippen MR) is 75.5 cm³/mol. The van der Waals surface area contributed by atoms with E-state index in [4.69, 9.17) is 15.1 Å². The Morgan fingerprint density at radius 2 is 2.55 bits per heavy atom. The Morgan fingerprint density at radius 3 is 3.30 bits per heavy atom. The minimum atomic E-state index is -0.158. The van der Waals surface area contributed by atoms with Gasteiger partial charge in [0.1, 0.15) is 11.1 Å². The van der Waals surface area contributed by atoms with Crippen molar-refractivity contribution in [1.82, 2.24) is 4.90 Å². The smallest absolute Gasteiger partial charge is 0.226 e. The molecule has 1 amide bonds. The van der Waals surface area contributed by atoms with Gasteiger partial charge in [0.25, 0.3) is 0 Å². The van der Waals surface area contributed by atoms with Gasteiger partial charge in [-0.15, -0.1) is 11.3 Å². The van der Waals surface area contributed by atoms with E-state index in [0.717, 1.165) is 6.54 Å². The third-order valence-corrected chi connectivity index (χ3v) is 3.95.